The van der Waals surface area contributed by atoms with Crippen molar-refractivity contribution in [3.63, 3.8) is 0 Å². The third-order valence-electron chi connectivity index (χ3n) is 6.28. The van der Waals surface area contributed by atoms with Crippen LogP contribution in [0.2, 0.25) is 0 Å². The summed E-state index contributed by atoms with van der Waals surface area (Å²) in [6.45, 7) is 0.0922. The number of phenolic OH excluding ortho intramolecular Hbond substituents is 1. The van der Waals surface area contributed by atoms with E-state index in [-0.39, 0.29) is 29.9 Å². The van der Waals surface area contributed by atoms with Crippen molar-refractivity contribution in [2.24, 2.45) is 0 Å². The topological polar surface area (TPSA) is 96.3 Å². The number of carbonyl (C=O) groups excluding carboxylic acids is 2. The van der Waals surface area contributed by atoms with Crippen molar-refractivity contribution in [2.75, 3.05) is 6.79 Å². The van der Waals surface area contributed by atoms with Gasteiger partial charge in [-0.25, -0.2) is 0 Å². The number of ether oxygens (including phenoxy) is 2. The molecule has 31 heavy (non-hydrogen) atoms. The molecule has 0 aromatic heterocycles. The summed E-state index contributed by atoms with van der Waals surface area (Å²) < 4.78 is 10.7. The van der Waals surface area contributed by atoms with Crippen LogP contribution in [0.4, 0.5) is 0 Å². The maximum atomic E-state index is 13.1. The number of benzene rings is 2. The van der Waals surface area contributed by atoms with E-state index in [9.17, 15) is 19.8 Å². The van der Waals surface area contributed by atoms with Crippen molar-refractivity contribution in [1.82, 2.24) is 4.90 Å². The lowest BCUT2D eigenvalue weighted by Crippen LogP contribution is -2.40. The second-order valence-corrected chi connectivity index (χ2v) is 8.16. The number of amides is 1. The Labute approximate surface area is 179 Å². The van der Waals surface area contributed by atoms with E-state index >= 15 is 0 Å². The van der Waals surface area contributed by atoms with Crippen molar-refractivity contribution in [2.45, 2.75) is 44.2 Å². The Morgan fingerprint density at radius 2 is 1.74 bits per heavy atom. The number of rotatable bonds is 3. The Morgan fingerprint density at radius 1 is 0.968 bits per heavy atom. The Hall–Kier alpha value is -3.48. The molecule has 5 rings (SSSR count). The van der Waals surface area contributed by atoms with Crippen molar-refractivity contribution in [3.05, 3.63) is 59.2 Å². The van der Waals surface area contributed by atoms with Gasteiger partial charge in [-0.2, -0.15) is 0 Å². The number of ketones is 1. The first kappa shape index (κ1) is 19.5. The second-order valence-electron chi connectivity index (χ2n) is 8.16. The van der Waals surface area contributed by atoms with E-state index in [1.165, 1.54) is 6.07 Å². The quantitative estimate of drug-likeness (QED) is 0.444. The molecule has 1 unspecified atom stereocenters. The highest BCUT2D eigenvalue weighted by Crippen LogP contribution is 2.44. The van der Waals surface area contributed by atoms with E-state index in [0.717, 1.165) is 32.1 Å². The summed E-state index contributed by atoms with van der Waals surface area (Å²) in [5.74, 6) is -0.516. The van der Waals surface area contributed by atoms with Gasteiger partial charge < -0.3 is 24.6 Å². The van der Waals surface area contributed by atoms with Gasteiger partial charge in [-0.1, -0.05) is 31.4 Å². The lowest BCUT2D eigenvalue weighted by Gasteiger charge is -2.35. The Bertz CT molecular complexity index is 1090. The summed E-state index contributed by atoms with van der Waals surface area (Å²) in [5, 5.41) is 21.2. The number of Topliss-reactive ketones (excluding diaryl/α,β-unsaturated/α-hetero) is 1. The van der Waals surface area contributed by atoms with Gasteiger partial charge in [-0.15, -0.1) is 0 Å². The molecular weight excluding hydrogens is 398 g/mol. The van der Waals surface area contributed by atoms with Crippen molar-refractivity contribution in [1.29, 1.82) is 0 Å². The monoisotopic (exact) mass is 421 g/mol. The second kappa shape index (κ2) is 7.65. The number of hydrogen-bond donors (Lipinski definition) is 2. The summed E-state index contributed by atoms with van der Waals surface area (Å²) in [4.78, 5) is 27.9. The maximum Gasteiger partial charge on any atom is 0.295 e. The van der Waals surface area contributed by atoms with Crippen LogP contribution in [0.15, 0.2) is 48.0 Å². The van der Waals surface area contributed by atoms with Gasteiger partial charge in [0.2, 0.25) is 6.79 Å². The molecular formula is C24H23NO6. The highest BCUT2D eigenvalue weighted by atomic mass is 16.7. The molecule has 1 aliphatic carbocycles. The summed E-state index contributed by atoms with van der Waals surface area (Å²) in [6, 6.07) is 10.6. The van der Waals surface area contributed by atoms with Gasteiger partial charge >= 0.3 is 0 Å². The fourth-order valence-corrected chi connectivity index (χ4v) is 4.81. The van der Waals surface area contributed by atoms with Crippen molar-refractivity contribution < 1.29 is 29.3 Å². The zero-order chi connectivity index (χ0) is 21.5. The zero-order valence-electron chi connectivity index (χ0n) is 16.9. The highest BCUT2D eigenvalue weighted by molar-refractivity contribution is 6.46. The SMILES string of the molecule is O=C1C(=O)N(C2CCCCC2)C(c2cccc(O)c2)/C1=C(/O)c1ccc2c(c1)OCO2. The van der Waals surface area contributed by atoms with E-state index in [1.54, 1.807) is 41.3 Å². The maximum absolute atomic E-state index is 13.1. The molecule has 2 aromatic carbocycles. The van der Waals surface area contributed by atoms with Crippen LogP contribution in [-0.4, -0.2) is 39.6 Å². The molecule has 1 amide bonds. The predicted octanol–water partition coefficient (Wildman–Crippen LogP) is 3.88. The molecule has 2 N–H and O–H groups in total. The van der Waals surface area contributed by atoms with Gasteiger partial charge in [0.15, 0.2) is 11.5 Å². The van der Waals surface area contributed by atoms with Gasteiger partial charge in [0.05, 0.1) is 11.6 Å². The van der Waals surface area contributed by atoms with Crippen LogP contribution in [-0.2, 0) is 9.59 Å². The van der Waals surface area contributed by atoms with Crippen LogP contribution in [0.5, 0.6) is 17.2 Å². The number of aliphatic hydroxyl groups is 1. The third-order valence-corrected chi connectivity index (χ3v) is 6.28. The average Bonchev–Trinajstić information content (AvgIpc) is 3.36. The Morgan fingerprint density at radius 3 is 2.52 bits per heavy atom. The van der Waals surface area contributed by atoms with E-state index < -0.39 is 17.7 Å². The molecule has 0 bridgehead atoms. The zero-order valence-corrected chi connectivity index (χ0v) is 16.9. The predicted molar refractivity (Wildman–Crippen MR) is 112 cm³/mol. The summed E-state index contributed by atoms with van der Waals surface area (Å²) in [5.41, 5.74) is 0.989. The normalized spacial score (nSPS) is 22.8. The minimum Gasteiger partial charge on any atom is -0.508 e. The number of phenols is 1. The lowest BCUT2D eigenvalue weighted by molar-refractivity contribution is -0.141. The number of aromatic hydroxyl groups is 1. The lowest BCUT2D eigenvalue weighted by atomic mass is 9.91. The molecule has 2 heterocycles. The largest absolute Gasteiger partial charge is 0.508 e. The van der Waals surface area contributed by atoms with Gasteiger partial charge in [-0.3, -0.25) is 9.59 Å². The number of aliphatic hydroxyl groups excluding tert-OH is 1. The number of carbonyl (C=O) groups is 2. The molecule has 7 heteroatoms. The standard InChI is InChI=1S/C24H23NO6/c26-17-8-4-5-14(11-17)21-20(22(27)15-9-10-18-19(12-15)31-13-30-18)23(28)24(29)25(21)16-6-2-1-3-7-16/h4-5,8-12,16,21,26-27H,1-3,6-7,13H2/b22-20-. The van der Waals surface area contributed by atoms with Crippen LogP contribution < -0.4 is 9.47 Å². The average molecular weight is 421 g/mol. The van der Waals surface area contributed by atoms with Gasteiger partial charge in [0, 0.05) is 11.6 Å². The molecule has 3 aliphatic rings. The molecule has 2 aromatic rings. The number of fused-ring (bicyclic) bond motifs is 1. The molecule has 2 fully saturated rings. The third kappa shape index (κ3) is 3.30. The fraction of sp³-hybridized carbons (Fsp3) is 0.333. The van der Waals surface area contributed by atoms with Crippen LogP contribution in [0.1, 0.15) is 49.3 Å². The summed E-state index contributed by atoms with van der Waals surface area (Å²) in [7, 11) is 0. The smallest absolute Gasteiger partial charge is 0.295 e. The van der Waals surface area contributed by atoms with E-state index in [1.807, 2.05) is 0 Å². The van der Waals surface area contributed by atoms with Gasteiger partial charge in [0.25, 0.3) is 11.7 Å². The first-order valence-electron chi connectivity index (χ1n) is 10.5. The molecule has 1 saturated heterocycles. The summed E-state index contributed by atoms with van der Waals surface area (Å²) >= 11 is 0. The molecule has 0 spiro atoms. The molecule has 1 atom stereocenters. The van der Waals surface area contributed by atoms with Crippen molar-refractivity contribution >= 4 is 17.4 Å². The number of nitrogens with zero attached hydrogens (tertiary/aromatic N) is 1. The number of hydrogen-bond acceptors (Lipinski definition) is 6. The minimum atomic E-state index is -0.763. The molecule has 0 radical (unpaired) electrons. The van der Waals surface area contributed by atoms with Crippen molar-refractivity contribution in [3.8, 4) is 17.2 Å². The fourth-order valence-electron chi connectivity index (χ4n) is 4.81. The molecule has 160 valence electrons. The van der Waals surface area contributed by atoms with E-state index in [0.29, 0.717) is 22.6 Å². The Kier molecular flexibility index (Phi) is 4.81. The van der Waals surface area contributed by atoms with Crippen LogP contribution in [0.25, 0.3) is 5.76 Å². The van der Waals surface area contributed by atoms with Crippen LogP contribution in [0.3, 0.4) is 0 Å². The number of likely N-dealkylation sites (tertiary alicyclic amines) is 1. The molecule has 7 nitrogen and oxygen atoms in total. The van der Waals surface area contributed by atoms with E-state index in [2.05, 4.69) is 0 Å². The Balaban J connectivity index is 1.65. The summed E-state index contributed by atoms with van der Waals surface area (Å²) in [6.07, 6.45) is 4.71. The first-order chi connectivity index (χ1) is 15.0. The van der Waals surface area contributed by atoms with E-state index in [4.69, 9.17) is 9.47 Å². The highest BCUT2D eigenvalue weighted by Gasteiger charge is 2.49. The van der Waals surface area contributed by atoms with Gasteiger partial charge in [0.1, 0.15) is 11.5 Å². The first-order valence-corrected chi connectivity index (χ1v) is 10.5. The minimum absolute atomic E-state index is 0.0278. The van der Waals surface area contributed by atoms with Crippen LogP contribution in [0, 0.1) is 0 Å². The molecule has 1 saturated carbocycles. The van der Waals surface area contributed by atoms with Crippen LogP contribution >= 0.6 is 0 Å². The van der Waals surface area contributed by atoms with Gasteiger partial charge in [-0.05, 0) is 48.7 Å². The molecule has 2 aliphatic heterocycles.